The predicted molar refractivity (Wildman–Crippen MR) is 91.6 cm³/mol. The third-order valence-corrected chi connectivity index (χ3v) is 5.19. The summed E-state index contributed by atoms with van der Waals surface area (Å²) in [5.74, 6) is 2.09. The van der Waals surface area contributed by atoms with Crippen molar-refractivity contribution >= 4 is 11.7 Å². The first-order chi connectivity index (χ1) is 11.1. The van der Waals surface area contributed by atoms with Crippen LogP contribution in [0, 0.1) is 0 Å². The molecule has 1 aromatic rings. The number of carbonyl (C=O) groups is 1. The first kappa shape index (κ1) is 16.5. The van der Waals surface area contributed by atoms with Crippen molar-refractivity contribution in [2.75, 3.05) is 38.5 Å². The SMILES string of the molecule is C[C@@H](CCC(=O)Nc1cnc2n1CCCC2)N1CCN(C)CC1. The second-order valence-electron chi connectivity index (χ2n) is 6.94. The molecular formula is C17H29N5O. The van der Waals surface area contributed by atoms with E-state index in [9.17, 15) is 4.79 Å². The first-order valence-corrected chi connectivity index (χ1v) is 8.90. The lowest BCUT2D eigenvalue weighted by molar-refractivity contribution is -0.116. The Morgan fingerprint density at radius 2 is 2.04 bits per heavy atom. The molecule has 1 atom stereocenters. The number of carbonyl (C=O) groups excluding carboxylic acids is 1. The van der Waals surface area contributed by atoms with Crippen molar-refractivity contribution in [3.05, 3.63) is 12.0 Å². The summed E-state index contributed by atoms with van der Waals surface area (Å²) in [6, 6.07) is 0.466. The van der Waals surface area contributed by atoms with Crippen molar-refractivity contribution in [1.82, 2.24) is 19.4 Å². The molecule has 1 amide bonds. The van der Waals surface area contributed by atoms with Gasteiger partial charge in [0.25, 0.3) is 0 Å². The molecule has 1 saturated heterocycles. The lowest BCUT2D eigenvalue weighted by Gasteiger charge is -2.36. The summed E-state index contributed by atoms with van der Waals surface area (Å²) in [4.78, 5) is 21.5. The summed E-state index contributed by atoms with van der Waals surface area (Å²) in [5.41, 5.74) is 0. The van der Waals surface area contributed by atoms with Gasteiger partial charge in [0.15, 0.2) is 0 Å². The van der Waals surface area contributed by atoms with E-state index >= 15 is 0 Å². The number of piperazine rings is 1. The van der Waals surface area contributed by atoms with Gasteiger partial charge in [-0.25, -0.2) is 4.98 Å². The molecule has 3 heterocycles. The van der Waals surface area contributed by atoms with Gasteiger partial charge < -0.3 is 14.8 Å². The van der Waals surface area contributed by atoms with Crippen LogP contribution in [0.5, 0.6) is 0 Å². The summed E-state index contributed by atoms with van der Waals surface area (Å²) in [5, 5.41) is 3.05. The smallest absolute Gasteiger partial charge is 0.225 e. The number of hydrogen-bond donors (Lipinski definition) is 1. The van der Waals surface area contributed by atoms with Crippen molar-refractivity contribution in [2.24, 2.45) is 0 Å². The molecule has 0 spiro atoms. The van der Waals surface area contributed by atoms with Crippen LogP contribution < -0.4 is 5.32 Å². The van der Waals surface area contributed by atoms with E-state index in [-0.39, 0.29) is 5.91 Å². The fourth-order valence-electron chi connectivity index (χ4n) is 3.51. The second-order valence-corrected chi connectivity index (χ2v) is 6.94. The number of fused-ring (bicyclic) bond motifs is 1. The Hall–Kier alpha value is -1.40. The maximum absolute atomic E-state index is 12.3. The number of amides is 1. The van der Waals surface area contributed by atoms with E-state index in [0.29, 0.717) is 12.5 Å². The Bertz CT molecular complexity index is 533. The van der Waals surface area contributed by atoms with Crippen LogP contribution in [-0.4, -0.2) is 64.5 Å². The number of anilines is 1. The molecule has 1 aromatic heterocycles. The Kier molecular flexibility index (Phi) is 5.33. The Balaban J connectivity index is 1.45. The Morgan fingerprint density at radius 1 is 1.26 bits per heavy atom. The molecular weight excluding hydrogens is 290 g/mol. The monoisotopic (exact) mass is 319 g/mol. The molecule has 0 bridgehead atoms. The minimum atomic E-state index is 0.110. The molecule has 1 fully saturated rings. The van der Waals surface area contributed by atoms with E-state index in [1.807, 2.05) is 6.20 Å². The van der Waals surface area contributed by atoms with E-state index in [1.165, 1.54) is 12.8 Å². The van der Waals surface area contributed by atoms with E-state index in [0.717, 1.165) is 57.2 Å². The molecule has 2 aliphatic rings. The third kappa shape index (κ3) is 4.12. The quantitative estimate of drug-likeness (QED) is 0.895. The maximum atomic E-state index is 12.3. The summed E-state index contributed by atoms with van der Waals surface area (Å²) in [6.07, 6.45) is 6.70. The van der Waals surface area contributed by atoms with Crippen LogP contribution in [0.25, 0.3) is 0 Å². The third-order valence-electron chi connectivity index (χ3n) is 5.19. The summed E-state index contributed by atoms with van der Waals surface area (Å²) < 4.78 is 2.16. The molecule has 3 rings (SSSR count). The topological polar surface area (TPSA) is 53.4 Å². The molecule has 0 aliphatic carbocycles. The number of imidazole rings is 1. The summed E-state index contributed by atoms with van der Waals surface area (Å²) in [6.45, 7) is 7.67. The van der Waals surface area contributed by atoms with Crippen LogP contribution in [0.1, 0.15) is 38.4 Å². The highest BCUT2D eigenvalue weighted by Crippen LogP contribution is 2.20. The van der Waals surface area contributed by atoms with Gasteiger partial charge in [0.2, 0.25) is 5.91 Å². The van der Waals surface area contributed by atoms with Crippen LogP contribution >= 0.6 is 0 Å². The number of aromatic nitrogens is 2. The molecule has 0 radical (unpaired) electrons. The molecule has 1 N–H and O–H groups in total. The van der Waals surface area contributed by atoms with Gasteiger partial charge in [-0.2, -0.15) is 0 Å². The van der Waals surface area contributed by atoms with Gasteiger partial charge in [-0.3, -0.25) is 9.69 Å². The second kappa shape index (κ2) is 7.45. The van der Waals surface area contributed by atoms with Crippen molar-refractivity contribution in [3.63, 3.8) is 0 Å². The predicted octanol–water partition coefficient (Wildman–Crippen LogP) is 1.57. The number of nitrogens with one attached hydrogen (secondary N) is 1. The average molecular weight is 319 g/mol. The van der Waals surface area contributed by atoms with Gasteiger partial charge in [0, 0.05) is 51.6 Å². The van der Waals surface area contributed by atoms with Crippen molar-refractivity contribution in [3.8, 4) is 0 Å². The van der Waals surface area contributed by atoms with E-state index < -0.39 is 0 Å². The van der Waals surface area contributed by atoms with Crippen molar-refractivity contribution in [1.29, 1.82) is 0 Å². The van der Waals surface area contributed by atoms with Crippen LogP contribution in [0.4, 0.5) is 5.82 Å². The van der Waals surface area contributed by atoms with Gasteiger partial charge in [0.05, 0.1) is 6.20 Å². The molecule has 128 valence electrons. The van der Waals surface area contributed by atoms with Crippen molar-refractivity contribution < 1.29 is 4.79 Å². The molecule has 2 aliphatic heterocycles. The molecule has 0 aromatic carbocycles. The van der Waals surface area contributed by atoms with Crippen LogP contribution in [0.2, 0.25) is 0 Å². The molecule has 6 heteroatoms. The van der Waals surface area contributed by atoms with E-state index in [1.54, 1.807) is 0 Å². The van der Waals surface area contributed by atoms with E-state index in [4.69, 9.17) is 0 Å². The summed E-state index contributed by atoms with van der Waals surface area (Å²) >= 11 is 0. The fourth-order valence-corrected chi connectivity index (χ4v) is 3.51. The molecule has 23 heavy (non-hydrogen) atoms. The minimum absolute atomic E-state index is 0.110. The Morgan fingerprint density at radius 3 is 2.83 bits per heavy atom. The Labute approximate surface area is 138 Å². The lowest BCUT2D eigenvalue weighted by atomic mass is 10.1. The van der Waals surface area contributed by atoms with Gasteiger partial charge in [-0.05, 0) is 33.2 Å². The zero-order chi connectivity index (χ0) is 16.2. The lowest BCUT2D eigenvalue weighted by Crippen LogP contribution is -2.48. The van der Waals surface area contributed by atoms with Crippen LogP contribution in [0.3, 0.4) is 0 Å². The number of rotatable bonds is 5. The van der Waals surface area contributed by atoms with Gasteiger partial charge in [-0.1, -0.05) is 0 Å². The van der Waals surface area contributed by atoms with Gasteiger partial charge >= 0.3 is 0 Å². The molecule has 0 saturated carbocycles. The molecule has 0 unspecified atom stereocenters. The summed E-state index contributed by atoms with van der Waals surface area (Å²) in [7, 11) is 2.17. The highest BCUT2D eigenvalue weighted by atomic mass is 16.1. The fraction of sp³-hybridized carbons (Fsp3) is 0.765. The first-order valence-electron chi connectivity index (χ1n) is 8.90. The zero-order valence-corrected chi connectivity index (χ0v) is 14.4. The normalized spacial score (nSPS) is 21.0. The van der Waals surface area contributed by atoms with Crippen LogP contribution in [0.15, 0.2) is 6.20 Å². The molecule has 6 nitrogen and oxygen atoms in total. The van der Waals surface area contributed by atoms with Crippen molar-refractivity contribution in [2.45, 2.75) is 51.6 Å². The number of hydrogen-bond acceptors (Lipinski definition) is 4. The van der Waals surface area contributed by atoms with E-state index in [2.05, 4.69) is 38.6 Å². The average Bonchev–Trinajstić information content (AvgIpc) is 2.96. The van der Waals surface area contributed by atoms with Crippen LogP contribution in [-0.2, 0) is 17.8 Å². The highest BCUT2D eigenvalue weighted by molar-refractivity contribution is 5.89. The number of nitrogens with zero attached hydrogens (tertiary/aromatic N) is 4. The van der Waals surface area contributed by atoms with Gasteiger partial charge in [0.1, 0.15) is 11.6 Å². The maximum Gasteiger partial charge on any atom is 0.225 e. The van der Waals surface area contributed by atoms with Gasteiger partial charge in [-0.15, -0.1) is 0 Å². The minimum Gasteiger partial charge on any atom is -0.315 e. The largest absolute Gasteiger partial charge is 0.315 e. The highest BCUT2D eigenvalue weighted by Gasteiger charge is 2.20. The standard InChI is InChI=1S/C17H29N5O/c1-14(21-11-9-20(2)10-12-21)6-7-17(23)19-16-13-18-15-5-3-4-8-22(15)16/h13-14H,3-12H2,1-2H3,(H,19,23)/t14-/m0/s1. The number of likely N-dealkylation sites (N-methyl/N-ethyl adjacent to an activating group) is 1. The number of aryl methyl sites for hydroxylation is 1. The zero-order valence-electron chi connectivity index (χ0n) is 14.4.